The maximum Gasteiger partial charge on any atom is 0.293 e. The molecule has 3 heterocycles. The van der Waals surface area contributed by atoms with Crippen molar-refractivity contribution in [3.8, 4) is 11.3 Å². The molecule has 0 radical (unpaired) electrons. The third kappa shape index (κ3) is 6.63. The molecule has 2 aliphatic heterocycles. The topological polar surface area (TPSA) is 129 Å². The number of piperazine rings is 1. The van der Waals surface area contributed by atoms with Gasteiger partial charge in [-0.1, -0.05) is 12.1 Å². The molecule has 0 saturated carbocycles. The van der Waals surface area contributed by atoms with Gasteiger partial charge in [0.2, 0.25) is 5.91 Å². The zero-order valence-corrected chi connectivity index (χ0v) is 26.0. The molecule has 3 aromatic carbocycles. The minimum absolute atomic E-state index is 0.0296. The van der Waals surface area contributed by atoms with Gasteiger partial charge in [0, 0.05) is 73.2 Å². The van der Waals surface area contributed by atoms with Crippen molar-refractivity contribution in [2.75, 3.05) is 48.3 Å². The first-order chi connectivity index (χ1) is 22.3. The van der Waals surface area contributed by atoms with E-state index in [9.17, 15) is 19.2 Å². The Bertz CT molecular complexity index is 1830. The number of nitrogens with one attached hydrogen (secondary N) is 3. The quantitative estimate of drug-likeness (QED) is 0.281. The maximum atomic E-state index is 13.2. The molecule has 4 aromatic rings. The SMILES string of the molecule is Cc1c(NC(=O)c2ccc(N3CCCCC3)cc2)cccc1-c1cn(C)c(=O)c(Nc2ccc(C(=O)N3CCNC(=O)C3)cc2)n1. The second-order valence-electron chi connectivity index (χ2n) is 11.7. The largest absolute Gasteiger partial charge is 0.372 e. The normalized spacial score (nSPS) is 14.9. The van der Waals surface area contributed by atoms with E-state index < -0.39 is 0 Å². The monoisotopic (exact) mass is 619 g/mol. The lowest BCUT2D eigenvalue weighted by Crippen LogP contribution is -2.49. The highest BCUT2D eigenvalue weighted by Gasteiger charge is 2.22. The number of hydrogen-bond acceptors (Lipinski definition) is 7. The molecule has 11 nitrogen and oxygen atoms in total. The van der Waals surface area contributed by atoms with Crippen LogP contribution in [0, 0.1) is 6.92 Å². The Morgan fingerprint density at radius 1 is 0.870 bits per heavy atom. The van der Waals surface area contributed by atoms with E-state index in [0.717, 1.165) is 29.9 Å². The van der Waals surface area contributed by atoms with Crippen molar-refractivity contribution in [2.24, 2.45) is 7.05 Å². The van der Waals surface area contributed by atoms with Gasteiger partial charge >= 0.3 is 0 Å². The fourth-order valence-corrected chi connectivity index (χ4v) is 5.86. The average molecular weight is 620 g/mol. The van der Waals surface area contributed by atoms with E-state index >= 15 is 0 Å². The Morgan fingerprint density at radius 2 is 1.59 bits per heavy atom. The van der Waals surface area contributed by atoms with Crippen LogP contribution in [-0.4, -0.2) is 64.9 Å². The number of aryl methyl sites for hydroxylation is 1. The van der Waals surface area contributed by atoms with E-state index in [4.69, 9.17) is 0 Å². The lowest BCUT2D eigenvalue weighted by Gasteiger charge is -2.28. The summed E-state index contributed by atoms with van der Waals surface area (Å²) in [7, 11) is 1.66. The molecule has 11 heteroatoms. The number of rotatable bonds is 7. The van der Waals surface area contributed by atoms with Crippen LogP contribution in [0.15, 0.2) is 77.7 Å². The van der Waals surface area contributed by atoms with Gasteiger partial charge in [0.1, 0.15) is 0 Å². The summed E-state index contributed by atoms with van der Waals surface area (Å²) in [6.45, 7) is 4.91. The molecule has 6 rings (SSSR count). The average Bonchev–Trinajstić information content (AvgIpc) is 3.08. The van der Waals surface area contributed by atoms with Crippen LogP contribution < -0.4 is 26.4 Å². The molecule has 46 heavy (non-hydrogen) atoms. The van der Waals surface area contributed by atoms with Gasteiger partial charge in [0.15, 0.2) is 5.82 Å². The number of piperidine rings is 1. The zero-order valence-electron chi connectivity index (χ0n) is 26.0. The van der Waals surface area contributed by atoms with E-state index in [1.807, 2.05) is 49.4 Å². The zero-order chi connectivity index (χ0) is 32.2. The molecule has 2 fully saturated rings. The smallest absolute Gasteiger partial charge is 0.293 e. The lowest BCUT2D eigenvalue weighted by atomic mass is 10.0. The van der Waals surface area contributed by atoms with Crippen molar-refractivity contribution in [3.63, 3.8) is 0 Å². The lowest BCUT2D eigenvalue weighted by molar-refractivity contribution is -0.123. The van der Waals surface area contributed by atoms with Crippen molar-refractivity contribution in [2.45, 2.75) is 26.2 Å². The summed E-state index contributed by atoms with van der Waals surface area (Å²) in [4.78, 5) is 59.2. The Hall–Kier alpha value is -5.45. The summed E-state index contributed by atoms with van der Waals surface area (Å²) in [6.07, 6.45) is 5.31. The first-order valence-corrected chi connectivity index (χ1v) is 15.5. The van der Waals surface area contributed by atoms with Gasteiger partial charge in [-0.05, 0) is 86.3 Å². The van der Waals surface area contributed by atoms with Gasteiger partial charge in [-0.3, -0.25) is 19.2 Å². The molecule has 236 valence electrons. The molecule has 1 aromatic heterocycles. The first kappa shape index (κ1) is 30.6. The highest BCUT2D eigenvalue weighted by atomic mass is 16.2. The van der Waals surface area contributed by atoms with E-state index in [2.05, 4.69) is 25.8 Å². The summed E-state index contributed by atoms with van der Waals surface area (Å²) in [6, 6.07) is 20.0. The Labute approximate surface area is 267 Å². The Morgan fingerprint density at radius 3 is 2.30 bits per heavy atom. The fourth-order valence-electron chi connectivity index (χ4n) is 5.86. The summed E-state index contributed by atoms with van der Waals surface area (Å²) in [5.41, 5.74) is 5.21. The van der Waals surface area contributed by atoms with Gasteiger partial charge in [0.05, 0.1) is 12.2 Å². The predicted octanol–water partition coefficient (Wildman–Crippen LogP) is 4.31. The first-order valence-electron chi connectivity index (χ1n) is 15.5. The number of carbonyl (C=O) groups excluding carboxylic acids is 3. The number of hydrogen-bond donors (Lipinski definition) is 3. The van der Waals surface area contributed by atoms with Crippen LogP contribution in [0.25, 0.3) is 11.3 Å². The molecule has 3 amide bonds. The van der Waals surface area contributed by atoms with Gasteiger partial charge in [-0.15, -0.1) is 0 Å². The van der Waals surface area contributed by atoms with E-state index in [1.54, 1.807) is 37.5 Å². The number of amides is 3. The second-order valence-corrected chi connectivity index (χ2v) is 11.7. The van der Waals surface area contributed by atoms with Gasteiger partial charge in [-0.2, -0.15) is 0 Å². The van der Waals surface area contributed by atoms with Crippen molar-refractivity contribution in [1.82, 2.24) is 19.8 Å². The molecule has 0 atom stereocenters. The molecular formula is C35H37N7O4. The van der Waals surface area contributed by atoms with Gasteiger partial charge < -0.3 is 30.3 Å². The molecule has 2 aliphatic rings. The number of nitrogens with zero attached hydrogens (tertiary/aromatic N) is 4. The van der Waals surface area contributed by atoms with Crippen LogP contribution in [0.3, 0.4) is 0 Å². The van der Waals surface area contributed by atoms with E-state index in [0.29, 0.717) is 41.3 Å². The summed E-state index contributed by atoms with van der Waals surface area (Å²) < 4.78 is 1.46. The summed E-state index contributed by atoms with van der Waals surface area (Å²) in [5.74, 6) is -0.490. The third-order valence-corrected chi connectivity index (χ3v) is 8.50. The molecular weight excluding hydrogens is 582 g/mol. The van der Waals surface area contributed by atoms with Crippen molar-refractivity contribution in [1.29, 1.82) is 0 Å². The van der Waals surface area contributed by atoms with Crippen molar-refractivity contribution in [3.05, 3.63) is 100.0 Å². The van der Waals surface area contributed by atoms with E-state index in [1.165, 1.54) is 28.7 Å². The van der Waals surface area contributed by atoms with Crippen LogP contribution >= 0.6 is 0 Å². The van der Waals surface area contributed by atoms with Crippen LogP contribution in [0.2, 0.25) is 0 Å². The van der Waals surface area contributed by atoms with Crippen LogP contribution in [0.1, 0.15) is 45.5 Å². The molecule has 0 spiro atoms. The molecule has 0 aliphatic carbocycles. The van der Waals surface area contributed by atoms with Crippen molar-refractivity contribution >= 4 is 40.6 Å². The third-order valence-electron chi connectivity index (χ3n) is 8.50. The Kier molecular flexibility index (Phi) is 8.82. The second kappa shape index (κ2) is 13.3. The summed E-state index contributed by atoms with van der Waals surface area (Å²) >= 11 is 0. The Balaban J connectivity index is 1.18. The minimum Gasteiger partial charge on any atom is -0.372 e. The minimum atomic E-state index is -0.321. The molecule has 2 saturated heterocycles. The fraction of sp³-hybridized carbons (Fsp3) is 0.286. The molecule has 3 N–H and O–H groups in total. The van der Waals surface area contributed by atoms with Gasteiger partial charge in [-0.25, -0.2) is 4.98 Å². The van der Waals surface area contributed by atoms with Crippen LogP contribution in [-0.2, 0) is 11.8 Å². The maximum absolute atomic E-state index is 13.2. The number of carbonyl (C=O) groups is 3. The highest BCUT2D eigenvalue weighted by molar-refractivity contribution is 6.05. The number of anilines is 4. The van der Waals surface area contributed by atoms with Crippen LogP contribution in [0.4, 0.5) is 22.9 Å². The highest BCUT2D eigenvalue weighted by Crippen LogP contribution is 2.29. The number of benzene rings is 3. The van der Waals surface area contributed by atoms with Gasteiger partial charge in [0.25, 0.3) is 17.4 Å². The standard InChI is InChI=1S/C35H37N7O4/c1-23-28(7-6-8-29(23)39-33(44)24-11-15-27(16-12-24)41-18-4-3-5-19-41)30-21-40(2)35(46)32(38-30)37-26-13-9-25(10-14-26)34(45)42-20-17-36-31(43)22-42/h6-16,21H,3-5,17-20,22H2,1-2H3,(H,36,43)(H,37,38)(H,39,44). The van der Waals surface area contributed by atoms with Crippen LogP contribution in [0.5, 0.6) is 0 Å². The number of aromatic nitrogens is 2. The molecule has 0 bridgehead atoms. The van der Waals surface area contributed by atoms with Crippen molar-refractivity contribution < 1.29 is 14.4 Å². The summed E-state index contributed by atoms with van der Waals surface area (Å²) in [5, 5.41) is 8.84. The molecule has 0 unspecified atom stereocenters. The predicted molar refractivity (Wildman–Crippen MR) is 179 cm³/mol. The van der Waals surface area contributed by atoms with E-state index in [-0.39, 0.29) is 35.6 Å².